The van der Waals surface area contributed by atoms with Crippen LogP contribution in [0.1, 0.15) is 13.3 Å². The summed E-state index contributed by atoms with van der Waals surface area (Å²) in [7, 11) is 1.65. The van der Waals surface area contributed by atoms with Crippen LogP contribution in [0.3, 0.4) is 0 Å². The second-order valence-electron chi connectivity index (χ2n) is 7.26. The van der Waals surface area contributed by atoms with Gasteiger partial charge in [-0.25, -0.2) is 9.97 Å². The maximum absolute atomic E-state index is 6.06. The van der Waals surface area contributed by atoms with Crippen LogP contribution in [0.2, 0.25) is 0 Å². The second kappa shape index (κ2) is 8.39. The normalized spacial score (nSPS) is 13.6. The van der Waals surface area contributed by atoms with Gasteiger partial charge in [-0.1, -0.05) is 6.07 Å². The Morgan fingerprint density at radius 3 is 2.90 bits per heavy atom. The van der Waals surface area contributed by atoms with Crippen molar-refractivity contribution in [2.75, 3.05) is 24.9 Å². The van der Waals surface area contributed by atoms with Crippen molar-refractivity contribution in [1.82, 2.24) is 20.3 Å². The van der Waals surface area contributed by atoms with E-state index < -0.39 is 0 Å². The van der Waals surface area contributed by atoms with Crippen LogP contribution in [0.15, 0.2) is 59.5 Å². The lowest BCUT2D eigenvalue weighted by Gasteiger charge is -2.14. The van der Waals surface area contributed by atoms with Gasteiger partial charge in [-0.15, -0.1) is 11.8 Å². The first-order valence-electron chi connectivity index (χ1n) is 10.1. The van der Waals surface area contributed by atoms with Crippen molar-refractivity contribution >= 4 is 45.1 Å². The van der Waals surface area contributed by atoms with E-state index in [9.17, 15) is 0 Å². The number of methoxy groups -OCH3 is 1. The van der Waals surface area contributed by atoms with Gasteiger partial charge in [-0.2, -0.15) is 0 Å². The molecule has 0 bridgehead atoms. The lowest BCUT2D eigenvalue weighted by Crippen LogP contribution is -2.04. The summed E-state index contributed by atoms with van der Waals surface area (Å²) in [5, 5.41) is 8.77. The van der Waals surface area contributed by atoms with Crippen molar-refractivity contribution < 1.29 is 9.47 Å². The van der Waals surface area contributed by atoms with Crippen LogP contribution in [0.25, 0.3) is 21.8 Å². The van der Waals surface area contributed by atoms with Gasteiger partial charge in [0, 0.05) is 45.9 Å². The van der Waals surface area contributed by atoms with E-state index in [-0.39, 0.29) is 0 Å². The van der Waals surface area contributed by atoms with E-state index in [1.54, 1.807) is 13.4 Å². The van der Waals surface area contributed by atoms with E-state index in [2.05, 4.69) is 44.6 Å². The summed E-state index contributed by atoms with van der Waals surface area (Å²) in [6.45, 7) is 2.68. The van der Waals surface area contributed by atoms with Crippen LogP contribution in [0.4, 0.5) is 11.5 Å². The quantitative estimate of drug-likeness (QED) is 0.371. The summed E-state index contributed by atoms with van der Waals surface area (Å²) < 4.78 is 11.7. The van der Waals surface area contributed by atoms with E-state index in [0.717, 1.165) is 40.2 Å². The first-order valence-corrected chi connectivity index (χ1v) is 11.1. The van der Waals surface area contributed by atoms with E-state index in [0.29, 0.717) is 18.1 Å². The molecule has 158 valence electrons. The Morgan fingerprint density at radius 2 is 2.06 bits per heavy atom. The molecule has 0 saturated heterocycles. The first-order chi connectivity index (χ1) is 15.2. The molecule has 3 N–H and O–H groups in total. The standard InChI is InChI=1S/C23H23N5O2S/c1-14-22(31-13-27-14)6-8-30-21-11-19-17(10-20(21)29-2)23(26-12-25-19)28-16-4-3-15-5-7-24-18(15)9-16/h3-5,7,9-12,24,27H,6,8,13H2,1-2H3,(H,25,26,28). The molecule has 1 aliphatic rings. The number of H-pyrrole nitrogens is 1. The van der Waals surface area contributed by atoms with E-state index in [1.807, 2.05) is 42.2 Å². The summed E-state index contributed by atoms with van der Waals surface area (Å²) in [5.74, 6) is 2.99. The number of aromatic nitrogens is 3. The summed E-state index contributed by atoms with van der Waals surface area (Å²) in [5.41, 5.74) is 4.04. The fourth-order valence-corrected chi connectivity index (χ4v) is 4.63. The molecule has 4 aromatic rings. The minimum Gasteiger partial charge on any atom is -0.493 e. The number of anilines is 2. The molecular formula is C23H23N5O2S. The van der Waals surface area contributed by atoms with Crippen LogP contribution in [0, 0.1) is 0 Å². The third kappa shape index (κ3) is 3.98. The van der Waals surface area contributed by atoms with Crippen LogP contribution in [-0.4, -0.2) is 34.5 Å². The Kier molecular flexibility index (Phi) is 5.30. The molecular weight excluding hydrogens is 410 g/mol. The first kappa shape index (κ1) is 19.6. The number of aromatic amines is 1. The largest absolute Gasteiger partial charge is 0.493 e. The number of fused-ring (bicyclic) bond motifs is 2. The smallest absolute Gasteiger partial charge is 0.163 e. The average molecular weight is 434 g/mol. The maximum Gasteiger partial charge on any atom is 0.163 e. The number of hydrogen-bond acceptors (Lipinski definition) is 7. The highest BCUT2D eigenvalue weighted by atomic mass is 32.2. The predicted molar refractivity (Wildman–Crippen MR) is 126 cm³/mol. The zero-order chi connectivity index (χ0) is 21.2. The molecule has 3 heterocycles. The number of nitrogens with zero attached hydrogens (tertiary/aromatic N) is 2. The van der Waals surface area contributed by atoms with Crippen LogP contribution < -0.4 is 20.1 Å². The Bertz CT molecular complexity index is 1280. The summed E-state index contributed by atoms with van der Waals surface area (Å²) in [6.07, 6.45) is 4.35. The van der Waals surface area contributed by atoms with Gasteiger partial charge in [-0.3, -0.25) is 0 Å². The Morgan fingerprint density at radius 1 is 1.13 bits per heavy atom. The number of rotatable bonds is 7. The monoisotopic (exact) mass is 433 g/mol. The number of ether oxygens (including phenoxy) is 2. The fourth-order valence-electron chi connectivity index (χ4n) is 3.65. The number of benzene rings is 2. The molecule has 0 spiro atoms. The number of nitrogens with one attached hydrogen (secondary N) is 3. The zero-order valence-corrected chi connectivity index (χ0v) is 18.2. The Balaban J connectivity index is 1.40. The Labute approximate surface area is 184 Å². The molecule has 0 unspecified atom stereocenters. The zero-order valence-electron chi connectivity index (χ0n) is 17.4. The molecule has 0 amide bonds. The van der Waals surface area contributed by atoms with Crippen molar-refractivity contribution in [2.24, 2.45) is 0 Å². The average Bonchev–Trinajstić information content (AvgIpc) is 3.42. The van der Waals surface area contributed by atoms with Crippen molar-refractivity contribution in [3.8, 4) is 11.5 Å². The molecule has 0 fully saturated rings. The minimum atomic E-state index is 0.579. The van der Waals surface area contributed by atoms with Crippen molar-refractivity contribution in [3.63, 3.8) is 0 Å². The lowest BCUT2D eigenvalue weighted by molar-refractivity contribution is 0.299. The fraction of sp³-hybridized carbons (Fsp3) is 0.217. The number of thioether (sulfide) groups is 1. The highest BCUT2D eigenvalue weighted by Gasteiger charge is 2.14. The van der Waals surface area contributed by atoms with Crippen LogP contribution >= 0.6 is 11.8 Å². The molecule has 7 nitrogen and oxygen atoms in total. The van der Waals surface area contributed by atoms with Crippen LogP contribution in [-0.2, 0) is 0 Å². The lowest BCUT2D eigenvalue weighted by atomic mass is 10.2. The van der Waals surface area contributed by atoms with Gasteiger partial charge in [0.05, 0.1) is 25.1 Å². The highest BCUT2D eigenvalue weighted by Crippen LogP contribution is 2.35. The van der Waals surface area contributed by atoms with Crippen molar-refractivity contribution in [3.05, 3.63) is 59.5 Å². The van der Waals surface area contributed by atoms with Gasteiger partial charge in [0.15, 0.2) is 11.5 Å². The summed E-state index contributed by atoms with van der Waals surface area (Å²) in [6, 6.07) is 12.0. The minimum absolute atomic E-state index is 0.579. The molecule has 0 atom stereocenters. The number of hydrogen-bond donors (Lipinski definition) is 3. The molecule has 0 aliphatic carbocycles. The SMILES string of the molecule is COc1cc2c(Nc3ccc4cc[nH]c4c3)ncnc2cc1OCCC1=C(C)NCS1. The number of allylic oxidation sites excluding steroid dienone is 1. The topological polar surface area (TPSA) is 84.1 Å². The molecule has 1 aliphatic heterocycles. The molecule has 0 saturated carbocycles. The van der Waals surface area contributed by atoms with E-state index in [1.165, 1.54) is 16.0 Å². The molecule has 0 radical (unpaired) electrons. The van der Waals surface area contributed by atoms with Gasteiger partial charge < -0.3 is 25.1 Å². The van der Waals surface area contributed by atoms with E-state index >= 15 is 0 Å². The molecule has 2 aromatic carbocycles. The maximum atomic E-state index is 6.06. The molecule has 8 heteroatoms. The van der Waals surface area contributed by atoms with Crippen molar-refractivity contribution in [1.29, 1.82) is 0 Å². The third-order valence-electron chi connectivity index (χ3n) is 5.33. The summed E-state index contributed by atoms with van der Waals surface area (Å²) in [4.78, 5) is 13.5. The van der Waals surface area contributed by atoms with Crippen LogP contribution in [0.5, 0.6) is 11.5 Å². The van der Waals surface area contributed by atoms with Gasteiger partial charge in [0.1, 0.15) is 12.1 Å². The van der Waals surface area contributed by atoms with E-state index in [4.69, 9.17) is 9.47 Å². The Hall–Kier alpha value is -3.39. The predicted octanol–water partition coefficient (Wildman–Crippen LogP) is 5.16. The van der Waals surface area contributed by atoms with Gasteiger partial charge in [0.25, 0.3) is 0 Å². The van der Waals surface area contributed by atoms with Gasteiger partial charge in [0.2, 0.25) is 0 Å². The molecule has 31 heavy (non-hydrogen) atoms. The molecule has 5 rings (SSSR count). The highest BCUT2D eigenvalue weighted by molar-refractivity contribution is 8.03. The molecule has 2 aromatic heterocycles. The van der Waals surface area contributed by atoms with Gasteiger partial charge >= 0.3 is 0 Å². The van der Waals surface area contributed by atoms with Gasteiger partial charge in [-0.05, 0) is 36.6 Å². The summed E-state index contributed by atoms with van der Waals surface area (Å²) >= 11 is 1.83. The second-order valence-corrected chi connectivity index (χ2v) is 8.33. The third-order valence-corrected chi connectivity index (χ3v) is 6.47. The van der Waals surface area contributed by atoms with Crippen molar-refractivity contribution in [2.45, 2.75) is 13.3 Å².